The SMILES string of the molecule is COC(=O)c1cccc(OCCc2c(CCO)n(C(c3ccccc3)c3ccccc3)c3ccc(Cl)cc23)c1. The fourth-order valence-electron chi connectivity index (χ4n) is 5.22. The minimum absolute atomic E-state index is 0.00931. The van der Waals surface area contributed by atoms with Crippen LogP contribution < -0.4 is 4.74 Å². The van der Waals surface area contributed by atoms with E-state index in [4.69, 9.17) is 21.1 Å². The molecule has 0 amide bonds. The number of aliphatic hydroxyl groups excluding tert-OH is 1. The minimum atomic E-state index is -0.406. The summed E-state index contributed by atoms with van der Waals surface area (Å²) < 4.78 is 13.2. The van der Waals surface area contributed by atoms with Crippen LogP contribution in [0.1, 0.15) is 38.8 Å². The largest absolute Gasteiger partial charge is 0.493 e. The number of rotatable bonds is 10. The van der Waals surface area contributed by atoms with Crippen molar-refractivity contribution >= 4 is 28.5 Å². The number of methoxy groups -OCH3 is 1. The zero-order valence-corrected chi connectivity index (χ0v) is 22.5. The molecule has 0 radical (unpaired) electrons. The van der Waals surface area contributed by atoms with E-state index in [-0.39, 0.29) is 12.6 Å². The van der Waals surface area contributed by atoms with Gasteiger partial charge in [-0.25, -0.2) is 4.79 Å². The number of carbonyl (C=O) groups excluding carboxylic acids is 1. The molecular weight excluding hydrogens is 510 g/mol. The third kappa shape index (κ3) is 5.70. The standard InChI is InChI=1S/C33H30ClNO4/c1-38-33(37)25-13-8-14-27(21-25)39-20-18-28-29-22-26(34)15-16-30(29)35(31(28)17-19-36)32(23-9-4-2-5-10-23)24-11-6-3-7-12-24/h2-16,21-22,32,36H,17-20H2,1H3. The average molecular weight is 540 g/mol. The highest BCUT2D eigenvalue weighted by molar-refractivity contribution is 6.31. The van der Waals surface area contributed by atoms with E-state index in [1.807, 2.05) is 30.3 Å². The van der Waals surface area contributed by atoms with Crippen LogP contribution in [0.25, 0.3) is 10.9 Å². The van der Waals surface area contributed by atoms with Gasteiger partial charge in [-0.15, -0.1) is 0 Å². The normalized spacial score (nSPS) is 11.2. The van der Waals surface area contributed by atoms with E-state index >= 15 is 0 Å². The summed E-state index contributed by atoms with van der Waals surface area (Å²) >= 11 is 6.50. The van der Waals surface area contributed by atoms with E-state index in [0.717, 1.165) is 33.3 Å². The fraction of sp³-hybridized carbons (Fsp3) is 0.182. The molecule has 5 nitrogen and oxygen atoms in total. The van der Waals surface area contributed by atoms with Gasteiger partial charge in [0.15, 0.2) is 0 Å². The van der Waals surface area contributed by atoms with Gasteiger partial charge in [-0.2, -0.15) is 0 Å². The number of aliphatic hydroxyl groups is 1. The van der Waals surface area contributed by atoms with E-state index in [9.17, 15) is 9.90 Å². The Morgan fingerprint density at radius 1 is 0.872 bits per heavy atom. The first kappa shape index (κ1) is 26.5. The van der Waals surface area contributed by atoms with Crippen LogP contribution in [0, 0.1) is 0 Å². The Balaban J connectivity index is 1.59. The van der Waals surface area contributed by atoms with Crippen LogP contribution >= 0.6 is 11.6 Å². The first-order chi connectivity index (χ1) is 19.1. The average Bonchev–Trinajstić information content (AvgIpc) is 3.26. The summed E-state index contributed by atoms with van der Waals surface area (Å²) in [6.45, 7) is 0.394. The molecule has 0 saturated heterocycles. The lowest BCUT2D eigenvalue weighted by atomic mass is 9.97. The van der Waals surface area contributed by atoms with Gasteiger partial charge >= 0.3 is 5.97 Å². The van der Waals surface area contributed by atoms with Crippen LogP contribution in [0.3, 0.4) is 0 Å². The third-order valence-corrected chi connectivity index (χ3v) is 7.13. The van der Waals surface area contributed by atoms with E-state index in [1.54, 1.807) is 18.2 Å². The Hall–Kier alpha value is -4.06. The summed E-state index contributed by atoms with van der Waals surface area (Å²) in [6, 6.07) is 33.6. The molecule has 39 heavy (non-hydrogen) atoms. The molecule has 198 valence electrons. The number of ether oxygens (including phenoxy) is 2. The molecule has 0 aliphatic heterocycles. The predicted molar refractivity (Wildman–Crippen MR) is 155 cm³/mol. The fourth-order valence-corrected chi connectivity index (χ4v) is 5.39. The second kappa shape index (κ2) is 12.2. The molecule has 0 fully saturated rings. The van der Waals surface area contributed by atoms with Crippen molar-refractivity contribution in [3.63, 3.8) is 0 Å². The number of aromatic nitrogens is 1. The van der Waals surface area contributed by atoms with Crippen molar-refractivity contribution in [2.24, 2.45) is 0 Å². The number of benzene rings is 4. The molecule has 4 aromatic carbocycles. The van der Waals surface area contributed by atoms with Crippen molar-refractivity contribution in [1.82, 2.24) is 4.57 Å². The lowest BCUT2D eigenvalue weighted by Gasteiger charge is -2.24. The number of hydrogen-bond acceptors (Lipinski definition) is 4. The zero-order valence-electron chi connectivity index (χ0n) is 21.7. The molecule has 5 rings (SSSR count). The van der Waals surface area contributed by atoms with Crippen LogP contribution in [-0.2, 0) is 17.6 Å². The van der Waals surface area contributed by atoms with Gasteiger partial charge in [-0.1, -0.05) is 78.3 Å². The summed E-state index contributed by atoms with van der Waals surface area (Å²) in [6.07, 6.45) is 1.08. The first-order valence-electron chi connectivity index (χ1n) is 12.9. The van der Waals surface area contributed by atoms with Gasteiger partial charge < -0.3 is 19.1 Å². The highest BCUT2D eigenvalue weighted by atomic mass is 35.5. The molecule has 1 N–H and O–H groups in total. The molecule has 0 saturated carbocycles. The number of hydrogen-bond donors (Lipinski definition) is 1. The molecule has 1 heterocycles. The molecule has 0 aliphatic carbocycles. The van der Waals surface area contributed by atoms with E-state index in [2.05, 4.69) is 59.2 Å². The maximum Gasteiger partial charge on any atom is 0.337 e. The number of halogens is 1. The molecule has 0 spiro atoms. The lowest BCUT2D eigenvalue weighted by Crippen LogP contribution is -2.17. The van der Waals surface area contributed by atoms with E-state index < -0.39 is 5.97 Å². The summed E-state index contributed by atoms with van der Waals surface area (Å²) in [7, 11) is 1.36. The summed E-state index contributed by atoms with van der Waals surface area (Å²) in [5.74, 6) is 0.186. The topological polar surface area (TPSA) is 60.7 Å². The van der Waals surface area contributed by atoms with Crippen LogP contribution in [0.15, 0.2) is 103 Å². The Bertz CT molecular complexity index is 1520. The molecule has 5 aromatic rings. The summed E-state index contributed by atoms with van der Waals surface area (Å²) in [5, 5.41) is 11.9. The number of fused-ring (bicyclic) bond motifs is 1. The van der Waals surface area contributed by atoms with Gasteiger partial charge in [0.05, 0.1) is 25.3 Å². The number of nitrogens with zero attached hydrogens (tertiary/aromatic N) is 1. The van der Waals surface area contributed by atoms with Crippen molar-refractivity contribution in [2.75, 3.05) is 20.3 Å². The van der Waals surface area contributed by atoms with Crippen LogP contribution in [0.5, 0.6) is 5.75 Å². The van der Waals surface area contributed by atoms with Crippen molar-refractivity contribution in [3.05, 3.63) is 136 Å². The number of carbonyl (C=O) groups is 1. The van der Waals surface area contributed by atoms with E-state index in [0.29, 0.717) is 35.8 Å². The predicted octanol–water partition coefficient (Wildman–Crippen LogP) is 6.88. The Labute approximate surface area is 233 Å². The molecule has 1 aromatic heterocycles. The zero-order chi connectivity index (χ0) is 27.2. The highest BCUT2D eigenvalue weighted by Crippen LogP contribution is 2.37. The second-order valence-electron chi connectivity index (χ2n) is 9.27. The van der Waals surface area contributed by atoms with Gasteiger partial charge in [-0.05, 0) is 53.1 Å². The van der Waals surface area contributed by atoms with Crippen molar-refractivity contribution in [1.29, 1.82) is 0 Å². The highest BCUT2D eigenvalue weighted by Gasteiger charge is 2.25. The van der Waals surface area contributed by atoms with Gasteiger partial charge in [0.25, 0.3) is 0 Å². The maximum atomic E-state index is 11.9. The van der Waals surface area contributed by atoms with Crippen LogP contribution in [0.2, 0.25) is 5.02 Å². The summed E-state index contributed by atoms with van der Waals surface area (Å²) in [4.78, 5) is 11.9. The third-order valence-electron chi connectivity index (χ3n) is 6.90. The Kier molecular flexibility index (Phi) is 8.30. The quantitative estimate of drug-likeness (QED) is 0.197. The lowest BCUT2D eigenvalue weighted by molar-refractivity contribution is 0.0600. The van der Waals surface area contributed by atoms with Gasteiger partial charge in [0, 0.05) is 41.1 Å². The van der Waals surface area contributed by atoms with Crippen molar-refractivity contribution in [2.45, 2.75) is 18.9 Å². The van der Waals surface area contributed by atoms with Crippen LogP contribution in [0.4, 0.5) is 0 Å². The molecule has 6 heteroatoms. The maximum absolute atomic E-state index is 11.9. The van der Waals surface area contributed by atoms with Gasteiger partial charge in [0.2, 0.25) is 0 Å². The molecule has 0 aliphatic rings. The molecule has 0 atom stereocenters. The van der Waals surface area contributed by atoms with Gasteiger partial charge in [-0.3, -0.25) is 0 Å². The molecular formula is C33H30ClNO4. The van der Waals surface area contributed by atoms with Gasteiger partial charge in [0.1, 0.15) is 5.75 Å². The molecule has 0 unspecified atom stereocenters. The monoisotopic (exact) mass is 539 g/mol. The summed E-state index contributed by atoms with van der Waals surface area (Å²) in [5.41, 5.74) is 5.91. The minimum Gasteiger partial charge on any atom is -0.493 e. The first-order valence-corrected chi connectivity index (χ1v) is 13.3. The molecule has 0 bridgehead atoms. The smallest absolute Gasteiger partial charge is 0.337 e. The van der Waals surface area contributed by atoms with Crippen molar-refractivity contribution < 1.29 is 19.4 Å². The Morgan fingerprint density at radius 3 is 2.21 bits per heavy atom. The van der Waals surface area contributed by atoms with Crippen LogP contribution in [-0.4, -0.2) is 36.0 Å². The van der Waals surface area contributed by atoms with Crippen molar-refractivity contribution in [3.8, 4) is 5.75 Å². The Morgan fingerprint density at radius 2 is 1.56 bits per heavy atom. The second-order valence-corrected chi connectivity index (χ2v) is 9.71. The number of esters is 1. The van der Waals surface area contributed by atoms with E-state index in [1.165, 1.54) is 7.11 Å².